The predicted octanol–water partition coefficient (Wildman–Crippen LogP) is 1.97. The lowest BCUT2D eigenvalue weighted by Crippen LogP contribution is -2.35. The number of aryl methyl sites for hydroxylation is 1. The monoisotopic (exact) mass is 386 g/mol. The molecule has 0 fully saturated rings. The first-order valence-corrected chi connectivity index (χ1v) is 7.75. The van der Waals surface area contributed by atoms with Crippen LogP contribution in [0, 0.1) is 0 Å². The first-order chi connectivity index (χ1) is 9.68. The van der Waals surface area contributed by atoms with Crippen LogP contribution in [0.2, 0.25) is 0 Å². The summed E-state index contributed by atoms with van der Waals surface area (Å²) in [4.78, 5) is 11.1. The van der Waals surface area contributed by atoms with Gasteiger partial charge in [-0.05, 0) is 15.9 Å². The third-order valence-electron chi connectivity index (χ3n) is 2.58. The second-order valence-corrected chi connectivity index (χ2v) is 6.55. The smallest absolute Gasteiger partial charge is 0.355 e. The highest BCUT2D eigenvalue weighted by atomic mass is 79.9. The summed E-state index contributed by atoms with van der Waals surface area (Å²) in [6.07, 6.45) is 2.10. The van der Waals surface area contributed by atoms with Gasteiger partial charge >= 0.3 is 12.5 Å². The molecule has 1 rings (SSSR count). The minimum absolute atomic E-state index is 0.0266. The van der Waals surface area contributed by atoms with Crippen LogP contribution in [0.4, 0.5) is 8.78 Å². The van der Waals surface area contributed by atoms with Crippen molar-refractivity contribution in [2.45, 2.75) is 11.4 Å². The molecule has 0 unspecified atom stereocenters. The molecule has 0 bridgehead atoms. The van der Waals surface area contributed by atoms with E-state index in [0.29, 0.717) is 0 Å². The number of halogens is 3. The molecule has 0 saturated heterocycles. The van der Waals surface area contributed by atoms with Crippen molar-refractivity contribution in [3.63, 3.8) is 0 Å². The maximum atomic E-state index is 12.9. The summed E-state index contributed by atoms with van der Waals surface area (Å²) in [6.45, 7) is -0.549. The molecule has 0 aliphatic carbocycles. The van der Waals surface area contributed by atoms with Crippen molar-refractivity contribution in [2.24, 2.45) is 7.05 Å². The molecule has 0 radical (unpaired) electrons. The van der Waals surface area contributed by atoms with Crippen LogP contribution in [-0.4, -0.2) is 43.5 Å². The molecular weight excluding hydrogens is 374 g/mol. The van der Waals surface area contributed by atoms with Crippen LogP contribution < -0.4 is 0 Å². The molecule has 0 saturated carbocycles. The molecule has 0 N–H and O–H groups in total. The quantitative estimate of drug-likeness (QED) is 0.425. The molecule has 0 aromatic carbocycles. The highest BCUT2D eigenvalue weighted by Gasteiger charge is 2.35. The van der Waals surface area contributed by atoms with Crippen molar-refractivity contribution in [2.75, 3.05) is 13.7 Å². The lowest BCUT2D eigenvalue weighted by Gasteiger charge is -2.18. The number of sulfonamides is 1. The number of alkyl halides is 2. The number of methoxy groups -OCH3 is 1. The zero-order valence-electron chi connectivity index (χ0n) is 11.2. The van der Waals surface area contributed by atoms with Gasteiger partial charge < -0.3 is 9.30 Å². The summed E-state index contributed by atoms with van der Waals surface area (Å²) in [7, 11) is -1.98. The van der Waals surface area contributed by atoms with Gasteiger partial charge in [0.2, 0.25) is 0 Å². The first kappa shape index (κ1) is 17.8. The van der Waals surface area contributed by atoms with Crippen molar-refractivity contribution in [1.29, 1.82) is 0 Å². The Balaban J connectivity index is 3.46. The summed E-state index contributed by atoms with van der Waals surface area (Å²) >= 11 is 2.95. The number of rotatable bonds is 6. The number of esters is 1. The summed E-state index contributed by atoms with van der Waals surface area (Å²) in [5, 5.41) is 0. The SMILES string of the molecule is C=CCN(C(F)F)S(=O)(=O)c1cn(C)c(C(=O)OC)c1Br. The van der Waals surface area contributed by atoms with E-state index < -0.39 is 34.0 Å². The standard InChI is InChI=1S/C11H13BrF2N2O4S/c1-4-5-16(11(13)14)21(18,19)7-6-15(2)9(8(7)12)10(17)20-3/h4,6,11H,1,5H2,2-3H3. The van der Waals surface area contributed by atoms with E-state index in [4.69, 9.17) is 0 Å². The Kier molecular flexibility index (Phi) is 5.65. The molecule has 1 heterocycles. The average Bonchev–Trinajstić information content (AvgIpc) is 2.70. The van der Waals surface area contributed by atoms with Gasteiger partial charge in [0, 0.05) is 19.8 Å². The molecular formula is C11H13BrF2N2O4S. The van der Waals surface area contributed by atoms with Gasteiger partial charge in [-0.2, -0.15) is 8.78 Å². The molecule has 0 aliphatic rings. The number of nitrogens with zero attached hydrogens (tertiary/aromatic N) is 2. The van der Waals surface area contributed by atoms with E-state index in [9.17, 15) is 22.0 Å². The fourth-order valence-electron chi connectivity index (χ4n) is 1.62. The van der Waals surface area contributed by atoms with Gasteiger partial charge in [0.1, 0.15) is 10.6 Å². The Hall–Kier alpha value is -1.26. The second kappa shape index (κ2) is 6.67. The summed E-state index contributed by atoms with van der Waals surface area (Å²) in [6, 6.07) is 0. The van der Waals surface area contributed by atoms with Gasteiger partial charge in [-0.25, -0.2) is 13.2 Å². The third kappa shape index (κ3) is 3.33. The van der Waals surface area contributed by atoms with Gasteiger partial charge in [-0.3, -0.25) is 0 Å². The summed E-state index contributed by atoms with van der Waals surface area (Å²) in [5.41, 5.74) is -0.0936. The molecule has 0 spiro atoms. The van der Waals surface area contributed by atoms with Crippen LogP contribution in [0.5, 0.6) is 0 Å². The highest BCUT2D eigenvalue weighted by Crippen LogP contribution is 2.31. The molecule has 0 aliphatic heterocycles. The number of hydrogen-bond acceptors (Lipinski definition) is 4. The molecule has 0 atom stereocenters. The number of ether oxygens (including phenoxy) is 1. The van der Waals surface area contributed by atoms with E-state index in [2.05, 4.69) is 27.2 Å². The van der Waals surface area contributed by atoms with Crippen molar-refractivity contribution < 1.29 is 26.7 Å². The highest BCUT2D eigenvalue weighted by molar-refractivity contribution is 9.10. The van der Waals surface area contributed by atoms with Gasteiger partial charge in [-0.1, -0.05) is 6.08 Å². The number of carbonyl (C=O) groups is 1. The summed E-state index contributed by atoms with van der Waals surface area (Å²) < 4.78 is 55.9. The molecule has 1 aromatic rings. The van der Waals surface area contributed by atoms with Crippen molar-refractivity contribution in [3.05, 3.63) is 29.0 Å². The lowest BCUT2D eigenvalue weighted by molar-refractivity contribution is 0.0379. The van der Waals surface area contributed by atoms with Gasteiger partial charge in [0.25, 0.3) is 10.0 Å². The Morgan fingerprint density at radius 1 is 1.62 bits per heavy atom. The van der Waals surface area contributed by atoms with E-state index >= 15 is 0 Å². The fraction of sp³-hybridized carbons (Fsp3) is 0.364. The largest absolute Gasteiger partial charge is 0.464 e. The summed E-state index contributed by atoms with van der Waals surface area (Å²) in [5.74, 6) is -0.793. The van der Waals surface area contributed by atoms with Crippen molar-refractivity contribution in [1.82, 2.24) is 8.87 Å². The third-order valence-corrected chi connectivity index (χ3v) is 5.44. The maximum Gasteiger partial charge on any atom is 0.355 e. The average molecular weight is 387 g/mol. The molecule has 0 amide bonds. The predicted molar refractivity (Wildman–Crippen MR) is 74.5 cm³/mol. The van der Waals surface area contributed by atoms with Crippen LogP contribution in [0.25, 0.3) is 0 Å². The Morgan fingerprint density at radius 2 is 2.19 bits per heavy atom. The Morgan fingerprint density at radius 3 is 2.62 bits per heavy atom. The Bertz CT molecular complexity index is 657. The van der Waals surface area contributed by atoms with E-state index in [0.717, 1.165) is 19.4 Å². The second-order valence-electron chi connectivity index (χ2n) is 3.90. The first-order valence-electron chi connectivity index (χ1n) is 5.52. The lowest BCUT2D eigenvalue weighted by atomic mass is 10.4. The molecule has 10 heteroatoms. The van der Waals surface area contributed by atoms with Gasteiger partial charge in [-0.15, -0.1) is 10.9 Å². The van der Waals surface area contributed by atoms with Crippen LogP contribution >= 0.6 is 15.9 Å². The molecule has 21 heavy (non-hydrogen) atoms. The zero-order chi connectivity index (χ0) is 16.4. The zero-order valence-corrected chi connectivity index (χ0v) is 13.6. The normalized spacial score (nSPS) is 12.0. The van der Waals surface area contributed by atoms with Crippen molar-refractivity contribution >= 4 is 31.9 Å². The Labute approximate surface area is 129 Å². The molecule has 118 valence electrons. The van der Waals surface area contributed by atoms with E-state index in [1.807, 2.05) is 0 Å². The van der Waals surface area contributed by atoms with Crippen LogP contribution in [0.15, 0.2) is 28.2 Å². The number of hydrogen-bond donors (Lipinski definition) is 0. The minimum Gasteiger partial charge on any atom is -0.464 e. The fourth-order valence-corrected chi connectivity index (χ4v) is 4.15. The van der Waals surface area contributed by atoms with E-state index in [1.165, 1.54) is 11.6 Å². The van der Waals surface area contributed by atoms with E-state index in [-0.39, 0.29) is 14.5 Å². The van der Waals surface area contributed by atoms with Crippen molar-refractivity contribution in [3.8, 4) is 0 Å². The molecule has 1 aromatic heterocycles. The van der Waals surface area contributed by atoms with Crippen LogP contribution in [0.3, 0.4) is 0 Å². The number of carbonyl (C=O) groups excluding carboxylic acids is 1. The van der Waals surface area contributed by atoms with Crippen LogP contribution in [-0.2, 0) is 21.8 Å². The number of aromatic nitrogens is 1. The molecule has 6 nitrogen and oxygen atoms in total. The minimum atomic E-state index is -4.50. The topological polar surface area (TPSA) is 68.6 Å². The van der Waals surface area contributed by atoms with Crippen LogP contribution in [0.1, 0.15) is 10.5 Å². The maximum absolute atomic E-state index is 12.9. The van der Waals surface area contributed by atoms with Gasteiger partial charge in [0.15, 0.2) is 0 Å². The van der Waals surface area contributed by atoms with E-state index in [1.54, 1.807) is 0 Å². The van der Waals surface area contributed by atoms with Gasteiger partial charge in [0.05, 0.1) is 11.6 Å².